The number of carbonyl (C=O) groups excluding carboxylic acids is 2. The van der Waals surface area contributed by atoms with Gasteiger partial charge in [-0.1, -0.05) is 0 Å². The van der Waals surface area contributed by atoms with Gasteiger partial charge in [-0.15, -0.1) is 0 Å². The first-order valence-corrected chi connectivity index (χ1v) is 5.74. The van der Waals surface area contributed by atoms with Gasteiger partial charge in [0.25, 0.3) is 0 Å². The quantitative estimate of drug-likeness (QED) is 0.759. The minimum absolute atomic E-state index is 0.0172. The number of hydrogen-bond donors (Lipinski definition) is 0. The molecule has 1 heterocycles. The van der Waals surface area contributed by atoms with E-state index in [0.29, 0.717) is 6.61 Å². The first kappa shape index (κ1) is 14.2. The van der Waals surface area contributed by atoms with Crippen LogP contribution in [0.4, 0.5) is 0 Å². The maximum atomic E-state index is 11.7. The van der Waals surface area contributed by atoms with Gasteiger partial charge in [0.1, 0.15) is 12.1 Å². The van der Waals surface area contributed by atoms with Gasteiger partial charge in [0.15, 0.2) is 5.69 Å². The van der Waals surface area contributed by atoms with Crippen molar-refractivity contribution in [3.63, 3.8) is 0 Å². The summed E-state index contributed by atoms with van der Waals surface area (Å²) >= 11 is 0. The van der Waals surface area contributed by atoms with Gasteiger partial charge in [-0.25, -0.2) is 4.79 Å². The van der Waals surface area contributed by atoms with Crippen molar-refractivity contribution in [1.29, 1.82) is 0 Å². The zero-order chi connectivity index (χ0) is 13.8. The molecule has 0 fully saturated rings. The lowest BCUT2D eigenvalue weighted by molar-refractivity contribution is -0.144. The molecule has 0 aliphatic rings. The molecule has 0 N–H and O–H groups in total. The Labute approximate surface area is 106 Å². The first-order valence-electron chi connectivity index (χ1n) is 5.74. The standard InChI is InChI=1S/C12H18N2O4/c1-5-17-10(15)8-14-7-6-9(13-14)11(16)18-12(2,3)4/h6-7H,5,8H2,1-4H3. The second kappa shape index (κ2) is 5.66. The van der Waals surface area contributed by atoms with E-state index in [2.05, 4.69) is 5.10 Å². The van der Waals surface area contributed by atoms with Gasteiger partial charge >= 0.3 is 11.9 Å². The van der Waals surface area contributed by atoms with Crippen LogP contribution in [0.3, 0.4) is 0 Å². The van der Waals surface area contributed by atoms with Crippen LogP contribution in [-0.4, -0.2) is 33.9 Å². The fourth-order valence-electron chi connectivity index (χ4n) is 1.23. The fraction of sp³-hybridized carbons (Fsp3) is 0.583. The lowest BCUT2D eigenvalue weighted by atomic mass is 10.2. The molecule has 1 rings (SSSR count). The third-order valence-electron chi connectivity index (χ3n) is 1.85. The Balaban J connectivity index is 2.63. The molecule has 0 radical (unpaired) electrons. The average molecular weight is 254 g/mol. The number of ether oxygens (including phenoxy) is 2. The molecule has 0 aliphatic heterocycles. The van der Waals surface area contributed by atoms with E-state index < -0.39 is 17.5 Å². The van der Waals surface area contributed by atoms with Gasteiger partial charge in [-0.3, -0.25) is 9.48 Å². The van der Waals surface area contributed by atoms with Crippen molar-refractivity contribution in [1.82, 2.24) is 9.78 Å². The van der Waals surface area contributed by atoms with Gasteiger partial charge in [-0.05, 0) is 33.8 Å². The summed E-state index contributed by atoms with van der Waals surface area (Å²) in [5.74, 6) is -0.901. The number of esters is 2. The molecular weight excluding hydrogens is 236 g/mol. The number of aromatic nitrogens is 2. The van der Waals surface area contributed by atoms with Gasteiger partial charge in [0.2, 0.25) is 0 Å². The second-order valence-corrected chi connectivity index (χ2v) is 4.71. The van der Waals surface area contributed by atoms with Crippen molar-refractivity contribution in [3.05, 3.63) is 18.0 Å². The average Bonchev–Trinajstić information content (AvgIpc) is 2.63. The molecule has 0 spiro atoms. The Morgan fingerprint density at radius 2 is 2.06 bits per heavy atom. The molecule has 100 valence electrons. The largest absolute Gasteiger partial charge is 0.465 e. The summed E-state index contributed by atoms with van der Waals surface area (Å²) in [6, 6.07) is 1.51. The van der Waals surface area contributed by atoms with Crippen LogP contribution in [0, 0.1) is 0 Å². The van der Waals surface area contributed by atoms with Crippen LogP contribution in [0.15, 0.2) is 12.3 Å². The zero-order valence-electron chi connectivity index (χ0n) is 11.1. The zero-order valence-corrected chi connectivity index (χ0v) is 11.1. The molecule has 6 nitrogen and oxygen atoms in total. The fourth-order valence-corrected chi connectivity index (χ4v) is 1.23. The van der Waals surface area contributed by atoms with E-state index in [4.69, 9.17) is 9.47 Å². The number of rotatable bonds is 4. The molecule has 0 amide bonds. The molecule has 0 bridgehead atoms. The van der Waals surface area contributed by atoms with Crippen LogP contribution in [0.1, 0.15) is 38.2 Å². The van der Waals surface area contributed by atoms with Gasteiger partial charge in [0, 0.05) is 6.20 Å². The normalized spacial score (nSPS) is 11.1. The SMILES string of the molecule is CCOC(=O)Cn1ccc(C(=O)OC(C)(C)C)n1. The highest BCUT2D eigenvalue weighted by atomic mass is 16.6. The number of carbonyl (C=O) groups is 2. The predicted octanol–water partition coefficient (Wildman–Crippen LogP) is 1.40. The lowest BCUT2D eigenvalue weighted by Gasteiger charge is -2.18. The van der Waals surface area contributed by atoms with E-state index in [1.54, 1.807) is 27.7 Å². The second-order valence-electron chi connectivity index (χ2n) is 4.71. The van der Waals surface area contributed by atoms with Crippen molar-refractivity contribution in [3.8, 4) is 0 Å². The Kier molecular flexibility index (Phi) is 4.47. The molecule has 0 saturated carbocycles. The third kappa shape index (κ3) is 4.57. The van der Waals surface area contributed by atoms with Crippen molar-refractivity contribution in [2.24, 2.45) is 0 Å². The molecule has 1 aromatic heterocycles. The van der Waals surface area contributed by atoms with Crippen LogP contribution in [0.2, 0.25) is 0 Å². The molecule has 6 heteroatoms. The minimum atomic E-state index is -0.567. The Hall–Kier alpha value is -1.85. The van der Waals surface area contributed by atoms with Crippen molar-refractivity contribution >= 4 is 11.9 Å². The van der Waals surface area contributed by atoms with Crippen LogP contribution >= 0.6 is 0 Å². The summed E-state index contributed by atoms with van der Waals surface area (Å²) in [6.07, 6.45) is 1.54. The molecule has 0 unspecified atom stereocenters. The maximum absolute atomic E-state index is 11.7. The highest BCUT2D eigenvalue weighted by Crippen LogP contribution is 2.10. The summed E-state index contributed by atoms with van der Waals surface area (Å²) in [7, 11) is 0. The van der Waals surface area contributed by atoms with Crippen LogP contribution in [0.5, 0.6) is 0 Å². The molecular formula is C12H18N2O4. The van der Waals surface area contributed by atoms with E-state index in [9.17, 15) is 9.59 Å². The molecule has 0 saturated heterocycles. The molecule has 18 heavy (non-hydrogen) atoms. The third-order valence-corrected chi connectivity index (χ3v) is 1.85. The monoisotopic (exact) mass is 254 g/mol. The topological polar surface area (TPSA) is 70.4 Å². The molecule has 0 aromatic carbocycles. The van der Waals surface area contributed by atoms with Crippen LogP contribution in [-0.2, 0) is 20.8 Å². The highest BCUT2D eigenvalue weighted by molar-refractivity contribution is 5.87. The Bertz CT molecular complexity index is 432. The van der Waals surface area contributed by atoms with E-state index in [1.807, 2.05) is 0 Å². The number of hydrogen-bond acceptors (Lipinski definition) is 5. The summed E-state index contributed by atoms with van der Waals surface area (Å²) in [4.78, 5) is 22.9. The molecule has 1 aromatic rings. The summed E-state index contributed by atoms with van der Waals surface area (Å²) < 4.78 is 11.3. The van der Waals surface area contributed by atoms with E-state index in [1.165, 1.54) is 16.9 Å². The van der Waals surface area contributed by atoms with Gasteiger partial charge < -0.3 is 9.47 Å². The molecule has 0 atom stereocenters. The lowest BCUT2D eigenvalue weighted by Crippen LogP contribution is -2.24. The summed E-state index contributed by atoms with van der Waals surface area (Å²) in [5, 5.41) is 3.96. The maximum Gasteiger partial charge on any atom is 0.359 e. The summed E-state index contributed by atoms with van der Waals surface area (Å²) in [6.45, 7) is 7.37. The predicted molar refractivity (Wildman–Crippen MR) is 64.0 cm³/mol. The smallest absolute Gasteiger partial charge is 0.359 e. The summed E-state index contributed by atoms with van der Waals surface area (Å²) in [5.41, 5.74) is -0.392. The highest BCUT2D eigenvalue weighted by Gasteiger charge is 2.20. The Morgan fingerprint density at radius 3 is 2.61 bits per heavy atom. The van der Waals surface area contributed by atoms with Crippen molar-refractivity contribution < 1.29 is 19.1 Å². The van der Waals surface area contributed by atoms with Crippen molar-refractivity contribution in [2.75, 3.05) is 6.61 Å². The van der Waals surface area contributed by atoms with Crippen LogP contribution in [0.25, 0.3) is 0 Å². The van der Waals surface area contributed by atoms with Crippen LogP contribution < -0.4 is 0 Å². The molecule has 0 aliphatic carbocycles. The van der Waals surface area contributed by atoms with E-state index >= 15 is 0 Å². The van der Waals surface area contributed by atoms with Crippen molar-refractivity contribution in [2.45, 2.75) is 39.8 Å². The van der Waals surface area contributed by atoms with Gasteiger partial charge in [0.05, 0.1) is 6.61 Å². The van der Waals surface area contributed by atoms with E-state index in [0.717, 1.165) is 0 Å². The minimum Gasteiger partial charge on any atom is -0.465 e. The Morgan fingerprint density at radius 1 is 1.39 bits per heavy atom. The first-order chi connectivity index (χ1) is 8.31. The number of nitrogens with zero attached hydrogens (tertiary/aromatic N) is 2. The van der Waals surface area contributed by atoms with Gasteiger partial charge in [-0.2, -0.15) is 5.10 Å². The van der Waals surface area contributed by atoms with E-state index in [-0.39, 0.29) is 12.2 Å².